The Hall–Kier alpha value is -1.58. The van der Waals surface area contributed by atoms with Crippen molar-refractivity contribution in [1.82, 2.24) is 0 Å². The largest absolute Gasteiger partial charge is 0.494 e. The predicted molar refractivity (Wildman–Crippen MR) is 77.4 cm³/mol. The SMILES string of the molecule is COc1ccc(C(=O)Cc2cc(Cl)ccc2Cl)cc1F. The Kier molecular flexibility index (Phi) is 4.63. The smallest absolute Gasteiger partial charge is 0.167 e. The summed E-state index contributed by atoms with van der Waals surface area (Å²) in [5, 5.41) is 0.954. The molecule has 2 rings (SSSR count). The standard InChI is InChI=1S/C15H11Cl2FO2/c1-20-15-5-2-9(7-13(15)18)14(19)8-10-6-11(16)3-4-12(10)17/h2-7H,8H2,1H3. The van der Waals surface area contributed by atoms with E-state index in [2.05, 4.69) is 0 Å². The monoisotopic (exact) mass is 312 g/mol. The van der Waals surface area contributed by atoms with Crippen LogP contribution in [0.25, 0.3) is 0 Å². The molecular formula is C15H11Cl2FO2. The van der Waals surface area contributed by atoms with Gasteiger partial charge >= 0.3 is 0 Å². The number of methoxy groups -OCH3 is 1. The van der Waals surface area contributed by atoms with E-state index in [9.17, 15) is 9.18 Å². The van der Waals surface area contributed by atoms with Crippen molar-refractivity contribution >= 4 is 29.0 Å². The first kappa shape index (κ1) is 14.8. The number of carbonyl (C=O) groups excluding carboxylic acids is 1. The molecule has 0 aromatic heterocycles. The number of benzene rings is 2. The molecule has 0 N–H and O–H groups in total. The fraction of sp³-hybridized carbons (Fsp3) is 0.133. The van der Waals surface area contributed by atoms with Gasteiger partial charge < -0.3 is 4.74 Å². The van der Waals surface area contributed by atoms with Crippen molar-refractivity contribution in [3.63, 3.8) is 0 Å². The molecule has 104 valence electrons. The molecule has 2 aromatic rings. The zero-order chi connectivity index (χ0) is 14.7. The molecule has 0 amide bonds. The van der Waals surface area contributed by atoms with Gasteiger partial charge in [-0.3, -0.25) is 4.79 Å². The van der Waals surface area contributed by atoms with Gasteiger partial charge in [-0.25, -0.2) is 4.39 Å². The first-order valence-electron chi connectivity index (χ1n) is 5.82. The summed E-state index contributed by atoms with van der Waals surface area (Å²) in [7, 11) is 1.37. The minimum atomic E-state index is -0.574. The van der Waals surface area contributed by atoms with Crippen molar-refractivity contribution < 1.29 is 13.9 Å². The third kappa shape index (κ3) is 3.30. The van der Waals surface area contributed by atoms with Crippen LogP contribution in [-0.2, 0) is 6.42 Å². The summed E-state index contributed by atoms with van der Waals surface area (Å²) >= 11 is 11.9. The van der Waals surface area contributed by atoms with E-state index in [0.717, 1.165) is 6.07 Å². The second kappa shape index (κ2) is 6.25. The quantitative estimate of drug-likeness (QED) is 0.773. The molecule has 0 unspecified atom stereocenters. The second-order valence-electron chi connectivity index (χ2n) is 4.19. The van der Waals surface area contributed by atoms with Gasteiger partial charge in [-0.2, -0.15) is 0 Å². The zero-order valence-corrected chi connectivity index (χ0v) is 12.1. The van der Waals surface area contributed by atoms with E-state index in [1.807, 2.05) is 0 Å². The number of hydrogen-bond acceptors (Lipinski definition) is 2. The summed E-state index contributed by atoms with van der Waals surface area (Å²) in [4.78, 5) is 12.1. The average molecular weight is 313 g/mol. The highest BCUT2D eigenvalue weighted by atomic mass is 35.5. The maximum Gasteiger partial charge on any atom is 0.167 e. The van der Waals surface area contributed by atoms with Crippen molar-refractivity contribution in [2.45, 2.75) is 6.42 Å². The normalized spacial score (nSPS) is 10.4. The van der Waals surface area contributed by atoms with Crippen LogP contribution in [0.2, 0.25) is 10.0 Å². The van der Waals surface area contributed by atoms with Crippen LogP contribution in [0.1, 0.15) is 15.9 Å². The minimum absolute atomic E-state index is 0.0607. The van der Waals surface area contributed by atoms with Gasteiger partial charge in [0.25, 0.3) is 0 Å². The van der Waals surface area contributed by atoms with Gasteiger partial charge in [-0.1, -0.05) is 23.2 Å². The van der Waals surface area contributed by atoms with Gasteiger partial charge in [0.05, 0.1) is 7.11 Å². The van der Waals surface area contributed by atoms with E-state index >= 15 is 0 Å². The summed E-state index contributed by atoms with van der Waals surface area (Å²) in [6.07, 6.45) is 0.0607. The Morgan fingerprint density at radius 2 is 1.95 bits per heavy atom. The van der Waals surface area contributed by atoms with Gasteiger partial charge in [-0.05, 0) is 42.0 Å². The Labute approximate surface area is 126 Å². The molecule has 0 radical (unpaired) electrons. The molecule has 0 spiro atoms. The molecule has 2 aromatic carbocycles. The van der Waals surface area contributed by atoms with E-state index in [1.54, 1.807) is 18.2 Å². The highest BCUT2D eigenvalue weighted by Gasteiger charge is 2.13. The maximum atomic E-state index is 13.6. The van der Waals surface area contributed by atoms with Crippen molar-refractivity contribution in [2.75, 3.05) is 7.11 Å². The molecule has 0 saturated heterocycles. The lowest BCUT2D eigenvalue weighted by Gasteiger charge is -2.06. The molecule has 0 saturated carbocycles. The van der Waals surface area contributed by atoms with E-state index in [0.29, 0.717) is 15.6 Å². The molecular weight excluding hydrogens is 302 g/mol. The molecule has 20 heavy (non-hydrogen) atoms. The Bertz CT molecular complexity index is 656. The topological polar surface area (TPSA) is 26.3 Å². The molecule has 0 fully saturated rings. The lowest BCUT2D eigenvalue weighted by Crippen LogP contribution is -2.05. The van der Waals surface area contributed by atoms with Crippen LogP contribution in [0.15, 0.2) is 36.4 Å². The van der Waals surface area contributed by atoms with Crippen LogP contribution < -0.4 is 4.74 Å². The summed E-state index contributed by atoms with van der Waals surface area (Å²) in [5.74, 6) is -0.714. The Balaban J connectivity index is 2.24. The predicted octanol–water partition coefficient (Wildman–Crippen LogP) is 4.57. The average Bonchev–Trinajstić information content (AvgIpc) is 2.42. The van der Waals surface area contributed by atoms with E-state index in [1.165, 1.54) is 19.2 Å². The third-order valence-corrected chi connectivity index (χ3v) is 3.44. The summed E-state index contributed by atoms with van der Waals surface area (Å²) in [6, 6.07) is 8.98. The third-order valence-electron chi connectivity index (χ3n) is 2.83. The van der Waals surface area contributed by atoms with E-state index in [-0.39, 0.29) is 23.5 Å². The number of halogens is 3. The van der Waals surface area contributed by atoms with Gasteiger partial charge in [0, 0.05) is 22.0 Å². The van der Waals surface area contributed by atoms with Gasteiger partial charge in [-0.15, -0.1) is 0 Å². The summed E-state index contributed by atoms with van der Waals surface area (Å²) in [5.41, 5.74) is 0.875. The Morgan fingerprint density at radius 3 is 2.60 bits per heavy atom. The number of carbonyl (C=O) groups is 1. The summed E-state index contributed by atoms with van der Waals surface area (Å²) < 4.78 is 18.4. The number of ether oxygens (including phenoxy) is 1. The molecule has 0 atom stereocenters. The maximum absolute atomic E-state index is 13.6. The van der Waals surface area contributed by atoms with Crippen LogP contribution in [0, 0.1) is 5.82 Å². The van der Waals surface area contributed by atoms with Crippen molar-refractivity contribution in [3.05, 3.63) is 63.4 Å². The van der Waals surface area contributed by atoms with Gasteiger partial charge in [0.2, 0.25) is 0 Å². The van der Waals surface area contributed by atoms with Crippen molar-refractivity contribution in [2.24, 2.45) is 0 Å². The van der Waals surface area contributed by atoms with Crippen molar-refractivity contribution in [1.29, 1.82) is 0 Å². The van der Waals surface area contributed by atoms with Crippen molar-refractivity contribution in [3.8, 4) is 5.75 Å². The van der Waals surface area contributed by atoms with Gasteiger partial charge in [0.1, 0.15) is 0 Å². The van der Waals surface area contributed by atoms with Gasteiger partial charge in [0.15, 0.2) is 17.3 Å². The molecule has 5 heteroatoms. The lowest BCUT2D eigenvalue weighted by atomic mass is 10.0. The molecule has 0 aliphatic heterocycles. The molecule has 2 nitrogen and oxygen atoms in total. The first-order valence-corrected chi connectivity index (χ1v) is 6.57. The molecule has 0 aliphatic rings. The van der Waals surface area contributed by atoms with Crippen LogP contribution in [0.5, 0.6) is 5.75 Å². The second-order valence-corrected chi connectivity index (χ2v) is 5.03. The van der Waals surface area contributed by atoms with Crippen LogP contribution in [0.3, 0.4) is 0 Å². The van der Waals surface area contributed by atoms with E-state index in [4.69, 9.17) is 27.9 Å². The number of rotatable bonds is 4. The van der Waals surface area contributed by atoms with Crippen LogP contribution in [0.4, 0.5) is 4.39 Å². The zero-order valence-electron chi connectivity index (χ0n) is 10.6. The summed E-state index contributed by atoms with van der Waals surface area (Å²) in [6.45, 7) is 0. The fourth-order valence-electron chi connectivity index (χ4n) is 1.79. The first-order chi connectivity index (χ1) is 9.51. The molecule has 0 bridgehead atoms. The van der Waals surface area contributed by atoms with E-state index < -0.39 is 5.82 Å². The molecule has 0 aliphatic carbocycles. The lowest BCUT2D eigenvalue weighted by molar-refractivity contribution is 0.0992. The Morgan fingerprint density at radius 1 is 1.20 bits per heavy atom. The minimum Gasteiger partial charge on any atom is -0.494 e. The number of Topliss-reactive ketones (excluding diaryl/α,β-unsaturated/α-hetero) is 1. The molecule has 0 heterocycles. The number of ketones is 1. The van der Waals surface area contributed by atoms with Crippen LogP contribution in [-0.4, -0.2) is 12.9 Å². The number of hydrogen-bond donors (Lipinski definition) is 0. The highest BCUT2D eigenvalue weighted by Crippen LogP contribution is 2.23. The van der Waals surface area contributed by atoms with Crippen LogP contribution >= 0.6 is 23.2 Å². The fourth-order valence-corrected chi connectivity index (χ4v) is 2.17. The highest BCUT2D eigenvalue weighted by molar-refractivity contribution is 6.33.